The number of anilines is 1. The summed E-state index contributed by atoms with van der Waals surface area (Å²) in [5, 5.41) is 11.4. The Kier molecular flexibility index (Phi) is 9.76. The molecule has 1 saturated carbocycles. The number of alkyl halides is 2. The Labute approximate surface area is 261 Å². The first-order valence-corrected chi connectivity index (χ1v) is 15.5. The molecular formula is C32H40F3N7O3. The molecule has 1 aromatic carbocycles. The maximum Gasteiger partial charge on any atom is 0.282 e. The van der Waals surface area contributed by atoms with Crippen LogP contribution in [0.2, 0.25) is 0 Å². The van der Waals surface area contributed by atoms with Gasteiger partial charge in [-0.05, 0) is 57.9 Å². The van der Waals surface area contributed by atoms with E-state index in [1.54, 1.807) is 13.8 Å². The lowest BCUT2D eigenvalue weighted by atomic mass is 9.61. The van der Waals surface area contributed by atoms with Crippen LogP contribution in [0.5, 0.6) is 17.4 Å². The van der Waals surface area contributed by atoms with Crippen LogP contribution in [-0.2, 0) is 6.42 Å². The van der Waals surface area contributed by atoms with Gasteiger partial charge in [-0.2, -0.15) is 0 Å². The lowest BCUT2D eigenvalue weighted by Crippen LogP contribution is -2.65. The van der Waals surface area contributed by atoms with Crippen LogP contribution in [0.3, 0.4) is 0 Å². The molecule has 10 nitrogen and oxygen atoms in total. The Hall–Kier alpha value is -4.00. The number of carbonyl (C=O) groups excluding carboxylic acids is 1. The summed E-state index contributed by atoms with van der Waals surface area (Å²) in [6.07, 6.45) is 3.15. The first kappa shape index (κ1) is 32.4. The third-order valence-corrected chi connectivity index (χ3v) is 8.41. The van der Waals surface area contributed by atoms with Gasteiger partial charge >= 0.3 is 0 Å². The Morgan fingerprint density at radius 1 is 1.16 bits per heavy atom. The van der Waals surface area contributed by atoms with Crippen molar-refractivity contribution in [2.75, 3.05) is 31.1 Å². The van der Waals surface area contributed by atoms with Gasteiger partial charge in [-0.3, -0.25) is 9.78 Å². The molecule has 13 heteroatoms. The first-order chi connectivity index (χ1) is 21.6. The second-order valence-corrected chi connectivity index (χ2v) is 11.9. The van der Waals surface area contributed by atoms with Crippen LogP contribution < -0.4 is 19.7 Å². The first-order valence-electron chi connectivity index (χ1n) is 15.5. The number of benzene rings is 1. The molecule has 6 rings (SSSR count). The van der Waals surface area contributed by atoms with Gasteiger partial charge in [0.15, 0.2) is 5.82 Å². The Morgan fingerprint density at radius 3 is 2.62 bits per heavy atom. The molecule has 1 N–H and O–H groups in total. The third kappa shape index (κ3) is 6.82. The summed E-state index contributed by atoms with van der Waals surface area (Å²) in [4.78, 5) is 25.1. The van der Waals surface area contributed by atoms with Crippen LogP contribution >= 0.6 is 0 Å². The van der Waals surface area contributed by atoms with Gasteiger partial charge in [-0.25, -0.2) is 18.2 Å². The number of pyridine rings is 1. The number of hydrogen-bond donors (Lipinski definition) is 1. The van der Waals surface area contributed by atoms with Crippen LogP contribution in [0, 0.1) is 11.2 Å². The summed E-state index contributed by atoms with van der Waals surface area (Å²) < 4.78 is 53.0. The van der Waals surface area contributed by atoms with Gasteiger partial charge in [0.25, 0.3) is 18.2 Å². The smallest absolute Gasteiger partial charge is 0.282 e. The summed E-state index contributed by atoms with van der Waals surface area (Å²) in [5.41, 5.74) is 2.12. The van der Waals surface area contributed by atoms with Crippen LogP contribution in [0.25, 0.3) is 0 Å². The molecule has 2 fully saturated rings. The maximum atomic E-state index is 14.2. The fourth-order valence-corrected chi connectivity index (χ4v) is 6.35. The van der Waals surface area contributed by atoms with Crippen LogP contribution in [0.1, 0.15) is 75.1 Å². The highest BCUT2D eigenvalue weighted by molar-refractivity contribution is 5.97. The topological polar surface area (TPSA) is 106 Å². The van der Waals surface area contributed by atoms with Gasteiger partial charge < -0.3 is 24.6 Å². The maximum absolute atomic E-state index is 14.2. The molecule has 4 heterocycles. The highest BCUT2D eigenvalue weighted by Gasteiger charge is 2.54. The quantitative estimate of drug-likeness (QED) is 0.325. The van der Waals surface area contributed by atoms with Crippen molar-refractivity contribution < 1.29 is 27.4 Å². The lowest BCUT2D eigenvalue weighted by molar-refractivity contribution is -0.0351. The number of nitrogens with zero attached hydrogens (tertiary/aromatic N) is 6. The second-order valence-electron chi connectivity index (χ2n) is 11.9. The van der Waals surface area contributed by atoms with Gasteiger partial charge in [0.1, 0.15) is 29.7 Å². The molecular weight excluding hydrogens is 587 g/mol. The van der Waals surface area contributed by atoms with Crippen molar-refractivity contribution >= 4 is 11.7 Å². The van der Waals surface area contributed by atoms with Crippen molar-refractivity contribution in [3.05, 3.63) is 59.4 Å². The minimum atomic E-state index is -2.74. The third-order valence-electron chi connectivity index (χ3n) is 8.41. The molecule has 1 atom stereocenters. The molecule has 1 saturated heterocycles. The van der Waals surface area contributed by atoms with E-state index in [1.165, 1.54) is 12.4 Å². The molecule has 1 unspecified atom stereocenters. The zero-order valence-electron chi connectivity index (χ0n) is 26.3. The van der Waals surface area contributed by atoms with Gasteiger partial charge in [0.2, 0.25) is 0 Å². The number of rotatable bonds is 9. The zero-order chi connectivity index (χ0) is 32.3. The summed E-state index contributed by atoms with van der Waals surface area (Å²) in [7, 11) is 0. The van der Waals surface area contributed by atoms with Crippen molar-refractivity contribution in [2.45, 2.75) is 78.5 Å². The fraction of sp³-hybridized carbons (Fsp3) is 0.531. The Balaban J connectivity index is 0.00000196. The molecule has 0 radical (unpaired) electrons. The van der Waals surface area contributed by atoms with E-state index in [-0.39, 0.29) is 34.8 Å². The van der Waals surface area contributed by atoms with Crippen LogP contribution in [0.15, 0.2) is 36.8 Å². The molecule has 2 aliphatic heterocycles. The van der Waals surface area contributed by atoms with Crippen molar-refractivity contribution in [2.24, 2.45) is 5.41 Å². The van der Waals surface area contributed by atoms with Crippen molar-refractivity contribution in [3.8, 4) is 17.4 Å². The molecule has 45 heavy (non-hydrogen) atoms. The minimum absolute atomic E-state index is 0.0217. The summed E-state index contributed by atoms with van der Waals surface area (Å²) in [6, 6.07) is 4.99. The van der Waals surface area contributed by atoms with E-state index < -0.39 is 30.7 Å². The highest BCUT2D eigenvalue weighted by atomic mass is 19.3. The summed E-state index contributed by atoms with van der Waals surface area (Å²) in [5.74, 6) is -0.119. The van der Waals surface area contributed by atoms with E-state index in [9.17, 15) is 18.0 Å². The summed E-state index contributed by atoms with van der Waals surface area (Å²) >= 11 is 0. The Bertz CT molecular complexity index is 1490. The second kappa shape index (κ2) is 13.6. The van der Waals surface area contributed by atoms with Crippen LogP contribution in [-0.4, -0.2) is 75.7 Å². The van der Waals surface area contributed by atoms with E-state index >= 15 is 0 Å². The normalized spacial score (nSPS) is 18.4. The molecule has 3 aliphatic rings. The van der Waals surface area contributed by atoms with Gasteiger partial charge in [0.05, 0.1) is 17.8 Å². The van der Waals surface area contributed by atoms with Crippen molar-refractivity contribution in [3.63, 3.8) is 0 Å². The molecule has 1 amide bonds. The predicted molar refractivity (Wildman–Crippen MR) is 162 cm³/mol. The number of aromatic nitrogens is 4. The largest absolute Gasteiger partial charge is 0.490 e. The molecule has 3 aromatic rings. The predicted octanol–water partition coefficient (Wildman–Crippen LogP) is 5.59. The molecule has 1 spiro atoms. The van der Waals surface area contributed by atoms with Crippen molar-refractivity contribution in [1.82, 2.24) is 30.4 Å². The zero-order valence-corrected chi connectivity index (χ0v) is 26.3. The molecule has 1 aliphatic carbocycles. The van der Waals surface area contributed by atoms with E-state index in [0.717, 1.165) is 59.8 Å². The number of carbonyl (C=O) groups is 1. The number of hydrogen-bond acceptors (Lipinski definition) is 9. The Morgan fingerprint density at radius 2 is 1.91 bits per heavy atom. The average Bonchev–Trinajstić information content (AvgIpc) is 2.98. The number of amides is 1. The SMILES string of the molecule is CC.CC1NCCc2nccc(OC3CC4(C3)CN(c3ncnnc3Oc3ccc(F)cc3C(=O)N(CC(F)F)C(C)C)C4)c21. The molecule has 2 aromatic heterocycles. The highest BCUT2D eigenvalue weighted by Crippen LogP contribution is 2.52. The van der Waals surface area contributed by atoms with E-state index in [1.807, 2.05) is 31.0 Å². The lowest BCUT2D eigenvalue weighted by Gasteiger charge is -2.58. The number of halogens is 3. The van der Waals surface area contributed by atoms with E-state index in [2.05, 4.69) is 32.4 Å². The number of fused-ring (bicyclic) bond motifs is 1. The number of nitrogens with one attached hydrogen (secondary N) is 1. The molecule has 242 valence electrons. The monoisotopic (exact) mass is 627 g/mol. The molecule has 0 bridgehead atoms. The fourth-order valence-electron chi connectivity index (χ4n) is 6.35. The minimum Gasteiger partial charge on any atom is -0.490 e. The average molecular weight is 628 g/mol. The number of ether oxygens (including phenoxy) is 2. The van der Waals surface area contributed by atoms with Gasteiger partial charge in [0, 0.05) is 55.3 Å². The summed E-state index contributed by atoms with van der Waals surface area (Å²) in [6.45, 7) is 10.9. The van der Waals surface area contributed by atoms with Gasteiger partial charge in [-0.1, -0.05) is 13.8 Å². The van der Waals surface area contributed by atoms with Gasteiger partial charge in [-0.15, -0.1) is 10.2 Å². The standard InChI is InChI=1S/C30H34F3N7O3.C2H6/c1-17(2)40(13-25(32)33)29(41)21-10-19(31)4-5-23(21)43-28-27(36-16-37-38-28)39-14-30(15-39)11-20(12-30)42-24-7-9-35-22-6-8-34-18(3)26(22)24;1-2/h4-5,7,9-10,16-18,20,25,34H,6,8,11-15H2,1-3H3;1-2H3. The van der Waals surface area contributed by atoms with Crippen LogP contribution in [0.4, 0.5) is 19.0 Å². The van der Waals surface area contributed by atoms with Crippen molar-refractivity contribution in [1.29, 1.82) is 0 Å². The van der Waals surface area contributed by atoms with E-state index in [4.69, 9.17) is 9.47 Å². The van der Waals surface area contributed by atoms with E-state index in [0.29, 0.717) is 18.9 Å².